The van der Waals surface area contributed by atoms with E-state index < -0.39 is 57.1 Å². The van der Waals surface area contributed by atoms with Crippen LogP contribution in [0.1, 0.15) is 96.6 Å². The average molecular weight is 780 g/mol. The number of likely N-dealkylation sites (tertiary alicyclic amines) is 1. The van der Waals surface area contributed by atoms with Crippen molar-refractivity contribution >= 4 is 39.4 Å². The molecule has 1 heterocycles. The van der Waals surface area contributed by atoms with E-state index in [1.807, 2.05) is 38.1 Å². The lowest BCUT2D eigenvalue weighted by molar-refractivity contribution is -0.144. The average Bonchev–Trinajstić information content (AvgIpc) is 3.89. The van der Waals surface area contributed by atoms with Crippen LogP contribution in [-0.4, -0.2) is 91.1 Å². The molecule has 13 heteroatoms. The number of urea groups is 1. The van der Waals surface area contributed by atoms with Crippen LogP contribution in [0.4, 0.5) is 4.79 Å². The van der Waals surface area contributed by atoms with E-state index >= 15 is 0 Å². The van der Waals surface area contributed by atoms with Crippen molar-refractivity contribution in [1.29, 1.82) is 0 Å². The van der Waals surface area contributed by atoms with Gasteiger partial charge in [0.1, 0.15) is 12.1 Å². The van der Waals surface area contributed by atoms with E-state index in [0.29, 0.717) is 45.1 Å². The van der Waals surface area contributed by atoms with Gasteiger partial charge in [0.2, 0.25) is 17.6 Å². The van der Waals surface area contributed by atoms with Crippen LogP contribution in [-0.2, 0) is 41.9 Å². The lowest BCUT2D eigenvalue weighted by atomic mass is 9.83. The number of nitrogens with zero attached hydrogens (tertiary/aromatic N) is 1. The maximum absolute atomic E-state index is 15.0. The Morgan fingerprint density at radius 2 is 1.64 bits per heavy atom. The molecule has 3 saturated carbocycles. The summed E-state index contributed by atoms with van der Waals surface area (Å²) in [5.74, 6) is -2.34. The van der Waals surface area contributed by atoms with Crippen molar-refractivity contribution in [1.82, 2.24) is 26.2 Å². The Morgan fingerprint density at radius 1 is 0.982 bits per heavy atom. The van der Waals surface area contributed by atoms with Gasteiger partial charge in [0.15, 0.2) is 9.84 Å². The molecule has 0 spiro atoms. The highest BCUT2D eigenvalue weighted by atomic mass is 32.2. The Hall–Kier alpha value is -3.74. The predicted molar refractivity (Wildman–Crippen MR) is 210 cm³/mol. The number of rotatable bonds is 17. The maximum Gasteiger partial charge on any atom is 0.315 e. The van der Waals surface area contributed by atoms with E-state index in [0.717, 1.165) is 43.2 Å². The van der Waals surface area contributed by atoms with Gasteiger partial charge in [-0.3, -0.25) is 19.2 Å². The number of fused-ring (bicyclic) bond motifs is 2. The Kier molecular flexibility index (Phi) is 12.2. The zero-order valence-electron chi connectivity index (χ0n) is 33.0. The molecule has 1 aromatic rings. The SMILES string of the molecule is C=CCNC(=O)C(=O)C(CC1CC1)NC(=O)[C@@H]1C2C(CN1C(=O)[C@@H](NC(=O)NC1(CS(=O)(=O)CCC(C)C)CCCCC1)C1Cc3ccccc3C1)C2(C)C. The number of hydrogen-bond acceptors (Lipinski definition) is 7. The summed E-state index contributed by atoms with van der Waals surface area (Å²) in [5.41, 5.74) is 1.05. The standard InChI is InChI=1S/C42H61N5O7S/c1-6-19-43-38(50)36(48)32(21-27-14-15-27)44-37(49)35-33-31(41(33,4)5)24-47(35)39(51)34(30-22-28-12-8-9-13-29(28)23-30)45-40(52)46-42(17-10-7-11-18-42)25-55(53,54)20-16-26(2)3/h6,8-9,12-13,26-27,30-35H,1,7,10-11,14-25H2,2-5H3,(H,43,50)(H,44,49)(H2,45,46,52)/t31?,32?,33?,34-,35-/m0/s1. The molecule has 1 aliphatic heterocycles. The van der Waals surface area contributed by atoms with Crippen molar-refractivity contribution in [2.45, 2.75) is 122 Å². The number of piperidine rings is 1. The van der Waals surface area contributed by atoms with Gasteiger partial charge in [-0.05, 0) is 84.7 Å². The smallest absolute Gasteiger partial charge is 0.315 e. The zero-order chi connectivity index (χ0) is 39.7. The summed E-state index contributed by atoms with van der Waals surface area (Å²) in [4.78, 5) is 71.1. The van der Waals surface area contributed by atoms with Crippen molar-refractivity contribution in [3.8, 4) is 0 Å². The number of carbonyl (C=O) groups is 5. The van der Waals surface area contributed by atoms with Crippen molar-refractivity contribution in [3.63, 3.8) is 0 Å². The monoisotopic (exact) mass is 779 g/mol. The molecule has 6 rings (SSSR count). The summed E-state index contributed by atoms with van der Waals surface area (Å²) >= 11 is 0. The first kappa shape index (κ1) is 40.9. The topological polar surface area (TPSA) is 171 Å². The van der Waals surface area contributed by atoms with Crippen LogP contribution in [0, 0.1) is 35.0 Å². The molecule has 0 bridgehead atoms. The molecule has 0 radical (unpaired) electrons. The molecule has 1 saturated heterocycles. The fourth-order valence-corrected chi connectivity index (χ4v) is 11.8. The number of amides is 5. The number of sulfone groups is 1. The first-order chi connectivity index (χ1) is 26.0. The predicted octanol–water partition coefficient (Wildman–Crippen LogP) is 3.87. The highest BCUT2D eigenvalue weighted by molar-refractivity contribution is 7.91. The van der Waals surface area contributed by atoms with Gasteiger partial charge in [-0.25, -0.2) is 13.2 Å². The van der Waals surface area contributed by atoms with E-state index in [-0.39, 0.29) is 59.0 Å². The van der Waals surface area contributed by atoms with E-state index in [4.69, 9.17) is 0 Å². The summed E-state index contributed by atoms with van der Waals surface area (Å²) in [6, 6.07) is 4.50. The third kappa shape index (κ3) is 9.46. The molecular weight excluding hydrogens is 719 g/mol. The van der Waals surface area contributed by atoms with E-state index in [9.17, 15) is 32.4 Å². The number of Topliss-reactive ketones (excluding diaryl/α,β-unsaturated/α-hetero) is 1. The number of nitrogens with one attached hydrogen (secondary N) is 4. The van der Waals surface area contributed by atoms with E-state index in [1.165, 1.54) is 6.08 Å². The molecule has 55 heavy (non-hydrogen) atoms. The van der Waals surface area contributed by atoms with Gasteiger partial charge in [0.25, 0.3) is 5.91 Å². The first-order valence-electron chi connectivity index (χ1n) is 20.4. The van der Waals surface area contributed by atoms with Crippen molar-refractivity contribution in [2.75, 3.05) is 24.6 Å². The molecule has 5 amide bonds. The fraction of sp³-hybridized carbons (Fsp3) is 0.690. The van der Waals surface area contributed by atoms with Crippen molar-refractivity contribution in [2.24, 2.45) is 35.0 Å². The molecule has 4 aliphatic carbocycles. The van der Waals surface area contributed by atoms with Gasteiger partial charge in [0, 0.05) is 13.1 Å². The molecule has 12 nitrogen and oxygen atoms in total. The minimum atomic E-state index is -3.47. The number of ketones is 1. The molecule has 0 aromatic heterocycles. The number of carbonyl (C=O) groups excluding carboxylic acids is 5. The quantitative estimate of drug-likeness (QED) is 0.137. The van der Waals surface area contributed by atoms with Crippen LogP contribution < -0.4 is 21.3 Å². The summed E-state index contributed by atoms with van der Waals surface area (Å²) < 4.78 is 26.7. The van der Waals surface area contributed by atoms with Crippen LogP contribution in [0.3, 0.4) is 0 Å². The summed E-state index contributed by atoms with van der Waals surface area (Å²) in [6.07, 6.45) is 8.96. The number of benzene rings is 1. The van der Waals surface area contributed by atoms with Crippen LogP contribution in [0.5, 0.6) is 0 Å². The second-order valence-electron chi connectivity index (χ2n) is 18.1. The normalized spacial score (nSPS) is 24.9. The van der Waals surface area contributed by atoms with Gasteiger partial charge in [-0.1, -0.05) is 90.1 Å². The van der Waals surface area contributed by atoms with Crippen LogP contribution in [0.25, 0.3) is 0 Å². The van der Waals surface area contributed by atoms with Gasteiger partial charge in [-0.15, -0.1) is 6.58 Å². The van der Waals surface area contributed by atoms with E-state index in [1.54, 1.807) is 4.90 Å². The second kappa shape index (κ2) is 16.4. The van der Waals surface area contributed by atoms with Crippen molar-refractivity contribution < 1.29 is 32.4 Å². The van der Waals surface area contributed by atoms with Crippen LogP contribution >= 0.6 is 0 Å². The summed E-state index contributed by atoms with van der Waals surface area (Å²) in [5, 5.41) is 11.6. The molecule has 302 valence electrons. The second-order valence-corrected chi connectivity index (χ2v) is 20.3. The molecule has 5 aliphatic rings. The number of hydrogen-bond donors (Lipinski definition) is 4. The molecule has 4 N–H and O–H groups in total. The van der Waals surface area contributed by atoms with Gasteiger partial charge >= 0.3 is 6.03 Å². The summed E-state index contributed by atoms with van der Waals surface area (Å²) in [6.45, 7) is 12.2. The fourth-order valence-electron chi connectivity index (χ4n) is 9.65. The minimum Gasteiger partial charge on any atom is -0.346 e. The van der Waals surface area contributed by atoms with Gasteiger partial charge in [-0.2, -0.15) is 0 Å². The van der Waals surface area contributed by atoms with E-state index in [2.05, 4.69) is 41.7 Å². The van der Waals surface area contributed by atoms with Crippen LogP contribution in [0.2, 0.25) is 0 Å². The Bertz CT molecular complexity index is 1740. The van der Waals surface area contributed by atoms with Gasteiger partial charge in [0.05, 0.1) is 23.1 Å². The minimum absolute atomic E-state index is 0.0532. The summed E-state index contributed by atoms with van der Waals surface area (Å²) in [7, 11) is -3.47. The Labute approximate surface area is 326 Å². The molecule has 1 aromatic carbocycles. The third-order valence-electron chi connectivity index (χ3n) is 13.1. The van der Waals surface area contributed by atoms with Crippen molar-refractivity contribution in [3.05, 3.63) is 48.0 Å². The third-order valence-corrected chi connectivity index (χ3v) is 14.9. The van der Waals surface area contributed by atoms with Gasteiger partial charge < -0.3 is 26.2 Å². The first-order valence-corrected chi connectivity index (χ1v) is 22.3. The maximum atomic E-state index is 15.0. The molecule has 5 atom stereocenters. The highest BCUT2D eigenvalue weighted by Crippen LogP contribution is 2.65. The molecule has 4 fully saturated rings. The largest absolute Gasteiger partial charge is 0.346 e. The zero-order valence-corrected chi connectivity index (χ0v) is 33.8. The molecular formula is C42H61N5O7S. The van der Waals surface area contributed by atoms with Crippen LogP contribution in [0.15, 0.2) is 36.9 Å². The Morgan fingerprint density at radius 3 is 2.24 bits per heavy atom. The highest BCUT2D eigenvalue weighted by Gasteiger charge is 2.70. The molecule has 3 unspecified atom stereocenters. The lowest BCUT2D eigenvalue weighted by Crippen LogP contribution is -2.63. The lowest BCUT2D eigenvalue weighted by Gasteiger charge is -2.39. The Balaban J connectivity index is 1.24.